The van der Waals surface area contributed by atoms with Gasteiger partial charge in [0.2, 0.25) is 0 Å². The lowest BCUT2D eigenvalue weighted by Crippen LogP contribution is -2.37. The maximum Gasteiger partial charge on any atom is 0.255 e. The van der Waals surface area contributed by atoms with E-state index in [9.17, 15) is 4.79 Å². The van der Waals surface area contributed by atoms with Crippen LogP contribution < -0.4 is 11.3 Å². The van der Waals surface area contributed by atoms with Gasteiger partial charge in [-0.05, 0) is 26.6 Å². The van der Waals surface area contributed by atoms with E-state index in [4.69, 9.17) is 17.4 Å². The summed E-state index contributed by atoms with van der Waals surface area (Å²) in [4.78, 5) is 20.3. The van der Waals surface area contributed by atoms with Crippen molar-refractivity contribution in [1.82, 2.24) is 14.8 Å². The third-order valence-corrected chi connectivity index (χ3v) is 3.11. The summed E-state index contributed by atoms with van der Waals surface area (Å²) in [7, 11) is 3.96. The van der Waals surface area contributed by atoms with Crippen molar-refractivity contribution in [1.29, 1.82) is 0 Å². The molecule has 0 bridgehead atoms. The average molecular weight is 300 g/mol. The van der Waals surface area contributed by atoms with E-state index in [2.05, 4.69) is 10.4 Å². The molecule has 0 spiro atoms. The minimum Gasteiger partial charge on any atom is -0.337 e. The van der Waals surface area contributed by atoms with Gasteiger partial charge < -0.3 is 15.2 Å². The molecule has 1 aromatic heterocycles. The number of aromatic nitrogens is 1. The van der Waals surface area contributed by atoms with Crippen LogP contribution in [0.1, 0.15) is 23.7 Å². The van der Waals surface area contributed by atoms with Crippen molar-refractivity contribution in [2.24, 2.45) is 5.84 Å². The molecule has 0 aliphatic rings. The van der Waals surface area contributed by atoms with Crippen LogP contribution in [-0.2, 0) is 0 Å². The van der Waals surface area contributed by atoms with E-state index in [0.29, 0.717) is 29.5 Å². The lowest BCUT2D eigenvalue weighted by atomic mass is 10.2. The number of halogens is 1. The topological polar surface area (TPSA) is 74.5 Å². The Morgan fingerprint density at radius 1 is 1.40 bits per heavy atom. The minimum atomic E-state index is -0.0633. The van der Waals surface area contributed by atoms with Gasteiger partial charge in [-0.1, -0.05) is 18.5 Å². The Morgan fingerprint density at radius 2 is 2.10 bits per heavy atom. The van der Waals surface area contributed by atoms with Crippen LogP contribution in [0.4, 0.5) is 5.82 Å². The molecule has 0 fully saturated rings. The summed E-state index contributed by atoms with van der Waals surface area (Å²) in [6, 6.07) is 1.59. The number of nitrogens with one attached hydrogen (secondary N) is 1. The predicted molar refractivity (Wildman–Crippen MR) is 81.8 cm³/mol. The van der Waals surface area contributed by atoms with Gasteiger partial charge in [0.25, 0.3) is 5.91 Å². The van der Waals surface area contributed by atoms with Gasteiger partial charge in [-0.15, -0.1) is 0 Å². The number of nitrogen functional groups attached to an aromatic ring is 1. The summed E-state index contributed by atoms with van der Waals surface area (Å²) in [5.74, 6) is 5.56. The van der Waals surface area contributed by atoms with E-state index in [1.807, 2.05) is 30.8 Å². The number of hydrogen-bond acceptors (Lipinski definition) is 5. The van der Waals surface area contributed by atoms with Crippen molar-refractivity contribution in [2.75, 3.05) is 39.2 Å². The van der Waals surface area contributed by atoms with Crippen LogP contribution >= 0.6 is 11.6 Å². The Labute approximate surface area is 124 Å². The zero-order valence-corrected chi connectivity index (χ0v) is 12.9. The molecule has 0 unspecified atom stereocenters. The van der Waals surface area contributed by atoms with Crippen molar-refractivity contribution in [3.63, 3.8) is 0 Å². The number of nitrogens with two attached hydrogens (primary N) is 1. The van der Waals surface area contributed by atoms with E-state index in [1.165, 1.54) is 6.20 Å². The second kappa shape index (κ2) is 8.04. The van der Waals surface area contributed by atoms with E-state index in [-0.39, 0.29) is 5.91 Å². The second-order valence-electron chi connectivity index (χ2n) is 4.79. The molecule has 1 rings (SSSR count). The Balaban J connectivity index is 2.85. The summed E-state index contributed by atoms with van der Waals surface area (Å²) in [5, 5.41) is 0.336. The molecular weight excluding hydrogens is 278 g/mol. The molecule has 6 nitrogen and oxygen atoms in total. The molecule has 0 saturated carbocycles. The molecule has 1 amide bonds. The summed E-state index contributed by atoms with van der Waals surface area (Å²) in [6.45, 7) is 4.24. The van der Waals surface area contributed by atoms with Gasteiger partial charge in [0.1, 0.15) is 0 Å². The summed E-state index contributed by atoms with van der Waals surface area (Å²) in [5.41, 5.74) is 2.85. The molecule has 1 heterocycles. The fourth-order valence-electron chi connectivity index (χ4n) is 1.75. The van der Waals surface area contributed by atoms with Gasteiger partial charge in [0.05, 0.1) is 10.6 Å². The standard InChI is InChI=1S/C13H22ClN5O/c1-4-5-19(7-6-18(2)3)13(20)10-8-11(14)12(17-15)16-9-10/h8-9H,4-7,15H2,1-3H3,(H,16,17). The molecule has 3 N–H and O–H groups in total. The minimum absolute atomic E-state index is 0.0633. The third kappa shape index (κ3) is 4.63. The number of pyridine rings is 1. The molecule has 0 radical (unpaired) electrons. The number of carbonyl (C=O) groups is 1. The number of anilines is 1. The van der Waals surface area contributed by atoms with Crippen LogP contribution in [0.2, 0.25) is 5.02 Å². The number of carbonyl (C=O) groups excluding carboxylic acids is 1. The summed E-state index contributed by atoms with van der Waals surface area (Å²) >= 11 is 6.00. The first-order valence-electron chi connectivity index (χ1n) is 6.55. The van der Waals surface area contributed by atoms with Crippen molar-refractivity contribution in [3.05, 3.63) is 22.8 Å². The van der Waals surface area contributed by atoms with Crippen LogP contribution in [-0.4, -0.2) is 54.4 Å². The van der Waals surface area contributed by atoms with Crippen LogP contribution in [0, 0.1) is 0 Å². The second-order valence-corrected chi connectivity index (χ2v) is 5.20. The molecule has 0 aliphatic heterocycles. The van der Waals surface area contributed by atoms with Crippen molar-refractivity contribution < 1.29 is 4.79 Å². The maximum absolute atomic E-state index is 12.5. The average Bonchev–Trinajstić information content (AvgIpc) is 2.42. The monoisotopic (exact) mass is 299 g/mol. The Morgan fingerprint density at radius 3 is 2.60 bits per heavy atom. The maximum atomic E-state index is 12.5. The van der Waals surface area contributed by atoms with E-state index < -0.39 is 0 Å². The molecule has 0 saturated heterocycles. The van der Waals surface area contributed by atoms with Gasteiger partial charge in [-0.3, -0.25) is 4.79 Å². The van der Waals surface area contributed by atoms with Crippen LogP contribution in [0.5, 0.6) is 0 Å². The van der Waals surface area contributed by atoms with E-state index in [0.717, 1.165) is 13.0 Å². The molecule has 7 heteroatoms. The largest absolute Gasteiger partial charge is 0.337 e. The molecule has 0 aliphatic carbocycles. The summed E-state index contributed by atoms with van der Waals surface area (Å²) in [6.07, 6.45) is 2.39. The molecule has 0 atom stereocenters. The zero-order chi connectivity index (χ0) is 15.1. The SMILES string of the molecule is CCCN(CCN(C)C)C(=O)c1cnc(NN)c(Cl)c1. The number of likely N-dealkylation sites (N-methyl/N-ethyl adjacent to an activating group) is 1. The number of hydrogen-bond donors (Lipinski definition) is 2. The highest BCUT2D eigenvalue weighted by atomic mass is 35.5. The quantitative estimate of drug-likeness (QED) is 0.588. The van der Waals surface area contributed by atoms with Crippen molar-refractivity contribution in [2.45, 2.75) is 13.3 Å². The van der Waals surface area contributed by atoms with E-state index >= 15 is 0 Å². The molecule has 0 aromatic carbocycles. The number of nitrogens with zero attached hydrogens (tertiary/aromatic N) is 3. The smallest absolute Gasteiger partial charge is 0.255 e. The van der Waals surface area contributed by atoms with Crippen molar-refractivity contribution >= 4 is 23.3 Å². The van der Waals surface area contributed by atoms with Crippen LogP contribution in [0.15, 0.2) is 12.3 Å². The van der Waals surface area contributed by atoms with Gasteiger partial charge in [0, 0.05) is 25.8 Å². The van der Waals surface area contributed by atoms with Gasteiger partial charge in [-0.2, -0.15) is 0 Å². The van der Waals surface area contributed by atoms with Gasteiger partial charge >= 0.3 is 0 Å². The molecule has 20 heavy (non-hydrogen) atoms. The Hall–Kier alpha value is -1.37. The number of rotatable bonds is 7. The first-order chi connectivity index (χ1) is 9.49. The van der Waals surface area contributed by atoms with E-state index in [1.54, 1.807) is 6.07 Å². The summed E-state index contributed by atoms with van der Waals surface area (Å²) < 4.78 is 0. The fourth-order valence-corrected chi connectivity index (χ4v) is 1.97. The normalized spacial score (nSPS) is 10.7. The van der Waals surface area contributed by atoms with Gasteiger partial charge in [0.15, 0.2) is 5.82 Å². The Kier molecular flexibility index (Phi) is 6.70. The highest BCUT2D eigenvalue weighted by molar-refractivity contribution is 6.33. The van der Waals surface area contributed by atoms with Crippen molar-refractivity contribution in [3.8, 4) is 0 Å². The van der Waals surface area contributed by atoms with Crippen LogP contribution in [0.25, 0.3) is 0 Å². The predicted octanol–water partition coefficient (Wildman–Crippen LogP) is 1.43. The first-order valence-corrected chi connectivity index (χ1v) is 6.93. The van der Waals surface area contributed by atoms with Gasteiger partial charge in [-0.25, -0.2) is 10.8 Å². The number of amides is 1. The third-order valence-electron chi connectivity index (χ3n) is 2.82. The Bertz CT molecular complexity index is 452. The lowest BCUT2D eigenvalue weighted by molar-refractivity contribution is 0.0744. The molecular formula is C13H22ClN5O. The first kappa shape index (κ1) is 16.7. The molecule has 112 valence electrons. The fraction of sp³-hybridized carbons (Fsp3) is 0.538. The molecule has 1 aromatic rings. The highest BCUT2D eigenvalue weighted by Crippen LogP contribution is 2.19. The number of hydrazine groups is 1. The lowest BCUT2D eigenvalue weighted by Gasteiger charge is -2.24. The van der Waals surface area contributed by atoms with Crippen LogP contribution in [0.3, 0.4) is 0 Å². The zero-order valence-electron chi connectivity index (χ0n) is 12.2. The highest BCUT2D eigenvalue weighted by Gasteiger charge is 2.16.